The molecule has 2 aromatic rings. The molecule has 106 valence electrons. The van der Waals surface area contributed by atoms with Gasteiger partial charge in [0.1, 0.15) is 16.7 Å². The van der Waals surface area contributed by atoms with Gasteiger partial charge in [-0.1, -0.05) is 6.92 Å². The Labute approximate surface area is 123 Å². The second kappa shape index (κ2) is 6.65. The van der Waals surface area contributed by atoms with Crippen molar-refractivity contribution in [3.63, 3.8) is 0 Å². The van der Waals surface area contributed by atoms with Crippen LogP contribution in [-0.4, -0.2) is 27.0 Å². The molecule has 2 rings (SSSR count). The van der Waals surface area contributed by atoms with Crippen molar-refractivity contribution >= 4 is 17.6 Å². The molecule has 2 aromatic heterocycles. The van der Waals surface area contributed by atoms with Gasteiger partial charge in [-0.05, 0) is 37.6 Å². The summed E-state index contributed by atoms with van der Waals surface area (Å²) in [5.41, 5.74) is 2.08. The summed E-state index contributed by atoms with van der Waals surface area (Å²) in [6.45, 7) is 6.11. The van der Waals surface area contributed by atoms with E-state index in [2.05, 4.69) is 32.2 Å². The quantitative estimate of drug-likeness (QED) is 0.674. The number of anilines is 1. The maximum atomic E-state index is 4.62. The molecule has 0 unspecified atom stereocenters. The summed E-state index contributed by atoms with van der Waals surface area (Å²) in [4.78, 5) is 17.8. The molecule has 5 nitrogen and oxygen atoms in total. The first-order valence-corrected chi connectivity index (χ1v) is 7.47. The second-order valence-corrected chi connectivity index (χ2v) is 5.52. The van der Waals surface area contributed by atoms with Crippen molar-refractivity contribution in [2.24, 2.45) is 0 Å². The third kappa shape index (κ3) is 3.45. The lowest BCUT2D eigenvalue weighted by Gasteiger charge is -2.11. The van der Waals surface area contributed by atoms with E-state index in [1.54, 1.807) is 0 Å². The molecule has 0 fully saturated rings. The van der Waals surface area contributed by atoms with Crippen LogP contribution in [-0.2, 0) is 6.42 Å². The Balaban J connectivity index is 2.33. The molecular formula is C14H19N5S. The zero-order chi connectivity index (χ0) is 14.5. The van der Waals surface area contributed by atoms with Crippen LogP contribution in [0.2, 0.25) is 0 Å². The Morgan fingerprint density at radius 1 is 1.15 bits per heavy atom. The van der Waals surface area contributed by atoms with Crippen molar-refractivity contribution in [2.45, 2.75) is 43.8 Å². The van der Waals surface area contributed by atoms with Gasteiger partial charge in [-0.2, -0.15) is 0 Å². The number of nitrogens with one attached hydrogen (secondary N) is 1. The normalized spacial score (nSPS) is 10.6. The lowest BCUT2D eigenvalue weighted by atomic mass is 10.3. The Kier molecular flexibility index (Phi) is 4.89. The van der Waals surface area contributed by atoms with E-state index in [4.69, 9.17) is 0 Å². The van der Waals surface area contributed by atoms with Gasteiger partial charge in [0, 0.05) is 31.4 Å². The maximum Gasteiger partial charge on any atom is 0.193 e. The van der Waals surface area contributed by atoms with E-state index in [9.17, 15) is 0 Å². The fourth-order valence-electron chi connectivity index (χ4n) is 1.74. The van der Waals surface area contributed by atoms with Gasteiger partial charge in [0.15, 0.2) is 5.16 Å². The molecule has 0 spiro atoms. The fraction of sp³-hybridized carbons (Fsp3) is 0.429. The highest BCUT2D eigenvalue weighted by atomic mass is 32.2. The van der Waals surface area contributed by atoms with Gasteiger partial charge in [0.05, 0.1) is 0 Å². The molecule has 1 N–H and O–H groups in total. The third-order valence-corrected chi connectivity index (χ3v) is 3.79. The molecule has 6 heteroatoms. The predicted molar refractivity (Wildman–Crippen MR) is 81.2 cm³/mol. The van der Waals surface area contributed by atoms with Crippen molar-refractivity contribution in [3.05, 3.63) is 29.3 Å². The molecule has 20 heavy (non-hydrogen) atoms. The molecular weight excluding hydrogens is 270 g/mol. The summed E-state index contributed by atoms with van der Waals surface area (Å²) in [6.07, 6.45) is 5.53. The lowest BCUT2D eigenvalue weighted by molar-refractivity contribution is 0.802. The molecule has 0 amide bonds. The minimum absolute atomic E-state index is 0.710. The number of aryl methyl sites for hydroxylation is 2. The first-order chi connectivity index (χ1) is 9.63. The zero-order valence-corrected chi connectivity index (χ0v) is 13.1. The Morgan fingerprint density at radius 3 is 2.45 bits per heavy atom. The maximum absolute atomic E-state index is 4.62. The zero-order valence-electron chi connectivity index (χ0n) is 12.3. The molecule has 0 atom stereocenters. The topological polar surface area (TPSA) is 63.6 Å². The van der Waals surface area contributed by atoms with Crippen LogP contribution < -0.4 is 5.32 Å². The molecule has 0 saturated heterocycles. The fourth-order valence-corrected chi connectivity index (χ4v) is 2.52. The van der Waals surface area contributed by atoms with Gasteiger partial charge in [0.2, 0.25) is 0 Å². The van der Waals surface area contributed by atoms with Crippen LogP contribution in [0.5, 0.6) is 0 Å². The van der Waals surface area contributed by atoms with Crippen molar-refractivity contribution in [3.8, 4) is 0 Å². The molecule has 0 saturated carbocycles. The van der Waals surface area contributed by atoms with Crippen LogP contribution >= 0.6 is 11.8 Å². The van der Waals surface area contributed by atoms with Gasteiger partial charge >= 0.3 is 0 Å². The number of rotatable bonds is 5. The van der Waals surface area contributed by atoms with Gasteiger partial charge in [0.25, 0.3) is 0 Å². The molecule has 0 aromatic carbocycles. The van der Waals surface area contributed by atoms with Crippen LogP contribution in [0.1, 0.15) is 30.3 Å². The second-order valence-electron chi connectivity index (χ2n) is 4.56. The van der Waals surface area contributed by atoms with Crippen LogP contribution in [0, 0.1) is 13.8 Å². The van der Waals surface area contributed by atoms with Crippen LogP contribution in [0.25, 0.3) is 0 Å². The molecule has 0 aliphatic rings. The summed E-state index contributed by atoms with van der Waals surface area (Å²) < 4.78 is 0. The molecule has 0 radical (unpaired) electrons. The minimum atomic E-state index is 0.710. The van der Waals surface area contributed by atoms with E-state index < -0.39 is 0 Å². The number of aromatic nitrogens is 4. The van der Waals surface area contributed by atoms with E-state index in [-0.39, 0.29) is 0 Å². The lowest BCUT2D eigenvalue weighted by Crippen LogP contribution is -2.05. The monoisotopic (exact) mass is 289 g/mol. The standard InChI is InChI=1S/C14H19N5S/c1-5-6-11-18-12(15-4)10(3)13(19-11)20-14-16-7-9(2)8-17-14/h7-8H,5-6H2,1-4H3,(H,15,18,19). The average molecular weight is 289 g/mol. The van der Waals surface area contributed by atoms with Crippen molar-refractivity contribution in [1.82, 2.24) is 19.9 Å². The Morgan fingerprint density at radius 2 is 1.85 bits per heavy atom. The number of nitrogens with zero attached hydrogens (tertiary/aromatic N) is 4. The smallest absolute Gasteiger partial charge is 0.193 e. The highest BCUT2D eigenvalue weighted by molar-refractivity contribution is 7.99. The number of hydrogen-bond acceptors (Lipinski definition) is 6. The largest absolute Gasteiger partial charge is 0.373 e. The molecule has 0 bridgehead atoms. The van der Waals surface area contributed by atoms with E-state index in [1.807, 2.05) is 33.3 Å². The molecule has 0 aliphatic heterocycles. The van der Waals surface area contributed by atoms with Crippen molar-refractivity contribution in [1.29, 1.82) is 0 Å². The van der Waals surface area contributed by atoms with Gasteiger partial charge in [-0.25, -0.2) is 19.9 Å². The minimum Gasteiger partial charge on any atom is -0.373 e. The summed E-state index contributed by atoms with van der Waals surface area (Å²) in [5.74, 6) is 1.73. The molecule has 2 heterocycles. The first kappa shape index (κ1) is 14.7. The highest BCUT2D eigenvalue weighted by Crippen LogP contribution is 2.29. The Hall–Kier alpha value is -1.69. The Bertz CT molecular complexity index is 583. The predicted octanol–water partition coefficient (Wildman–Crippen LogP) is 3.03. The van der Waals surface area contributed by atoms with Crippen LogP contribution in [0.15, 0.2) is 22.6 Å². The molecule has 0 aliphatic carbocycles. The van der Waals surface area contributed by atoms with E-state index in [0.29, 0.717) is 5.16 Å². The van der Waals surface area contributed by atoms with Crippen molar-refractivity contribution < 1.29 is 0 Å². The highest BCUT2D eigenvalue weighted by Gasteiger charge is 2.12. The summed E-state index contributed by atoms with van der Waals surface area (Å²) in [6, 6.07) is 0. The SMILES string of the molecule is CCCc1nc(NC)c(C)c(Sc2ncc(C)cn2)n1. The van der Waals surface area contributed by atoms with Crippen molar-refractivity contribution in [2.75, 3.05) is 12.4 Å². The van der Waals surface area contributed by atoms with Gasteiger partial charge in [-0.15, -0.1) is 0 Å². The summed E-state index contributed by atoms with van der Waals surface area (Å²) >= 11 is 1.48. The van der Waals surface area contributed by atoms with E-state index >= 15 is 0 Å². The van der Waals surface area contributed by atoms with Gasteiger partial charge < -0.3 is 5.32 Å². The van der Waals surface area contributed by atoms with Crippen LogP contribution in [0.3, 0.4) is 0 Å². The van der Waals surface area contributed by atoms with E-state index in [1.165, 1.54) is 11.8 Å². The average Bonchev–Trinajstić information content (AvgIpc) is 2.45. The third-order valence-electron chi connectivity index (χ3n) is 2.80. The number of hydrogen-bond donors (Lipinski definition) is 1. The van der Waals surface area contributed by atoms with Gasteiger partial charge in [-0.3, -0.25) is 0 Å². The first-order valence-electron chi connectivity index (χ1n) is 6.65. The summed E-state index contributed by atoms with van der Waals surface area (Å²) in [5, 5.41) is 4.75. The summed E-state index contributed by atoms with van der Waals surface area (Å²) in [7, 11) is 1.88. The van der Waals surface area contributed by atoms with E-state index in [0.717, 1.165) is 40.6 Å². The van der Waals surface area contributed by atoms with Crippen LogP contribution in [0.4, 0.5) is 5.82 Å².